The fraction of sp³-hybridized carbons (Fsp3) is 1.00. The molecule has 1 heterocycles. The molecule has 0 amide bonds. The van der Waals surface area contributed by atoms with Crippen molar-refractivity contribution in [3.8, 4) is 0 Å². The van der Waals surface area contributed by atoms with Crippen LogP contribution >= 0.6 is 0 Å². The standard InChI is InChI=1S/C22H47N3O3/c1-5-20(3)19-23-9-13-26-15-17-28-18-16-27-14-12-25-10-7-22(8-11-25)24-21(4)6-2/h20-24H,5-19H2,1-4H3. The fourth-order valence-electron chi connectivity index (χ4n) is 3.22. The van der Waals surface area contributed by atoms with Gasteiger partial charge in [0, 0.05) is 25.2 Å². The molecule has 28 heavy (non-hydrogen) atoms. The van der Waals surface area contributed by atoms with Crippen LogP contribution in [0, 0.1) is 5.92 Å². The summed E-state index contributed by atoms with van der Waals surface area (Å²) < 4.78 is 16.8. The first-order valence-electron chi connectivity index (χ1n) is 11.6. The van der Waals surface area contributed by atoms with Gasteiger partial charge in [-0.05, 0) is 51.7 Å². The number of likely N-dealkylation sites (tertiary alicyclic amines) is 1. The molecule has 6 nitrogen and oxygen atoms in total. The molecule has 0 aromatic carbocycles. The van der Waals surface area contributed by atoms with E-state index in [-0.39, 0.29) is 0 Å². The molecule has 2 N–H and O–H groups in total. The Kier molecular flexibility index (Phi) is 16.2. The third-order valence-electron chi connectivity index (χ3n) is 5.63. The molecule has 2 unspecified atom stereocenters. The highest BCUT2D eigenvalue weighted by Crippen LogP contribution is 2.11. The Hall–Kier alpha value is -0.240. The summed E-state index contributed by atoms with van der Waals surface area (Å²) in [6, 6.07) is 1.33. The van der Waals surface area contributed by atoms with Crippen LogP contribution in [0.3, 0.4) is 0 Å². The molecule has 0 aromatic rings. The van der Waals surface area contributed by atoms with E-state index in [1.807, 2.05) is 0 Å². The van der Waals surface area contributed by atoms with Gasteiger partial charge in [0.25, 0.3) is 0 Å². The van der Waals surface area contributed by atoms with Crippen molar-refractivity contribution < 1.29 is 14.2 Å². The zero-order valence-electron chi connectivity index (χ0n) is 19.0. The molecular weight excluding hydrogens is 354 g/mol. The fourth-order valence-corrected chi connectivity index (χ4v) is 3.22. The molecule has 0 saturated carbocycles. The van der Waals surface area contributed by atoms with Crippen LogP contribution in [-0.4, -0.2) is 89.3 Å². The first-order valence-corrected chi connectivity index (χ1v) is 11.6. The van der Waals surface area contributed by atoms with Crippen LogP contribution in [0.5, 0.6) is 0 Å². The molecule has 0 spiro atoms. The van der Waals surface area contributed by atoms with Gasteiger partial charge in [-0.3, -0.25) is 0 Å². The van der Waals surface area contributed by atoms with E-state index in [2.05, 4.69) is 43.2 Å². The van der Waals surface area contributed by atoms with Crippen LogP contribution in [0.1, 0.15) is 53.4 Å². The van der Waals surface area contributed by atoms with Crippen LogP contribution in [0.25, 0.3) is 0 Å². The van der Waals surface area contributed by atoms with E-state index in [1.54, 1.807) is 0 Å². The van der Waals surface area contributed by atoms with Crippen molar-refractivity contribution in [1.82, 2.24) is 15.5 Å². The number of rotatable bonds is 18. The summed E-state index contributed by atoms with van der Waals surface area (Å²) in [5, 5.41) is 7.13. The number of nitrogens with zero attached hydrogens (tertiary/aromatic N) is 1. The number of piperidine rings is 1. The van der Waals surface area contributed by atoms with E-state index in [0.717, 1.165) is 38.8 Å². The van der Waals surface area contributed by atoms with Crippen LogP contribution < -0.4 is 10.6 Å². The average Bonchev–Trinajstić information content (AvgIpc) is 2.72. The zero-order chi connectivity index (χ0) is 20.5. The lowest BCUT2D eigenvalue weighted by atomic mass is 10.0. The Morgan fingerprint density at radius 2 is 1.46 bits per heavy atom. The van der Waals surface area contributed by atoms with E-state index >= 15 is 0 Å². The normalized spacial score (nSPS) is 18.4. The highest BCUT2D eigenvalue weighted by Gasteiger charge is 2.19. The molecule has 1 fully saturated rings. The Morgan fingerprint density at radius 3 is 2.07 bits per heavy atom. The van der Waals surface area contributed by atoms with Gasteiger partial charge >= 0.3 is 0 Å². The molecule has 0 bridgehead atoms. The maximum atomic E-state index is 5.70. The first-order chi connectivity index (χ1) is 13.7. The van der Waals surface area contributed by atoms with E-state index in [9.17, 15) is 0 Å². The Labute approximate surface area is 174 Å². The third-order valence-corrected chi connectivity index (χ3v) is 5.63. The number of hydrogen-bond donors (Lipinski definition) is 2. The van der Waals surface area contributed by atoms with Crippen molar-refractivity contribution in [2.75, 3.05) is 72.4 Å². The predicted octanol–water partition coefficient (Wildman–Crippen LogP) is 2.52. The van der Waals surface area contributed by atoms with Crippen LogP contribution in [0.15, 0.2) is 0 Å². The number of nitrogens with one attached hydrogen (secondary N) is 2. The quantitative estimate of drug-likeness (QED) is 0.344. The molecule has 2 atom stereocenters. The summed E-state index contributed by atoms with van der Waals surface area (Å²) >= 11 is 0. The first kappa shape index (κ1) is 25.8. The van der Waals surface area contributed by atoms with Gasteiger partial charge < -0.3 is 29.7 Å². The Bertz CT molecular complexity index is 339. The monoisotopic (exact) mass is 401 g/mol. The van der Waals surface area contributed by atoms with Gasteiger partial charge in [-0.15, -0.1) is 0 Å². The topological polar surface area (TPSA) is 55.0 Å². The molecule has 0 aliphatic carbocycles. The maximum absolute atomic E-state index is 5.70. The third kappa shape index (κ3) is 13.9. The second kappa shape index (κ2) is 17.6. The smallest absolute Gasteiger partial charge is 0.0701 e. The minimum atomic E-state index is 0.636. The van der Waals surface area contributed by atoms with Crippen molar-refractivity contribution in [3.05, 3.63) is 0 Å². The van der Waals surface area contributed by atoms with E-state index in [4.69, 9.17) is 14.2 Å². The highest BCUT2D eigenvalue weighted by atomic mass is 16.5. The van der Waals surface area contributed by atoms with Crippen LogP contribution in [-0.2, 0) is 14.2 Å². The average molecular weight is 402 g/mol. The van der Waals surface area contributed by atoms with Crippen molar-refractivity contribution in [3.63, 3.8) is 0 Å². The maximum Gasteiger partial charge on any atom is 0.0701 e. The molecule has 0 radical (unpaired) electrons. The van der Waals surface area contributed by atoms with E-state index in [1.165, 1.54) is 38.8 Å². The number of ether oxygens (including phenoxy) is 3. The van der Waals surface area contributed by atoms with Gasteiger partial charge in [0.2, 0.25) is 0 Å². The highest BCUT2D eigenvalue weighted by molar-refractivity contribution is 4.78. The summed E-state index contributed by atoms with van der Waals surface area (Å²) in [4.78, 5) is 2.51. The van der Waals surface area contributed by atoms with Crippen molar-refractivity contribution in [2.24, 2.45) is 5.92 Å². The minimum Gasteiger partial charge on any atom is -0.378 e. The Morgan fingerprint density at radius 1 is 0.857 bits per heavy atom. The molecule has 1 aliphatic heterocycles. The molecule has 1 saturated heterocycles. The van der Waals surface area contributed by atoms with Gasteiger partial charge in [-0.1, -0.05) is 27.2 Å². The zero-order valence-corrected chi connectivity index (χ0v) is 19.0. The molecule has 1 aliphatic rings. The lowest BCUT2D eigenvalue weighted by molar-refractivity contribution is 0.00974. The molecular formula is C22H47N3O3. The molecule has 168 valence electrons. The lowest BCUT2D eigenvalue weighted by Crippen LogP contribution is -2.46. The predicted molar refractivity (Wildman–Crippen MR) is 117 cm³/mol. The van der Waals surface area contributed by atoms with Gasteiger partial charge in [-0.25, -0.2) is 0 Å². The van der Waals surface area contributed by atoms with Gasteiger partial charge in [0.05, 0.1) is 39.6 Å². The van der Waals surface area contributed by atoms with Gasteiger partial charge in [-0.2, -0.15) is 0 Å². The van der Waals surface area contributed by atoms with Crippen LogP contribution in [0.2, 0.25) is 0 Å². The summed E-state index contributed by atoms with van der Waals surface area (Å²) in [7, 11) is 0. The summed E-state index contributed by atoms with van der Waals surface area (Å²) in [5.74, 6) is 0.738. The van der Waals surface area contributed by atoms with Gasteiger partial charge in [0.1, 0.15) is 0 Å². The van der Waals surface area contributed by atoms with Crippen LogP contribution in [0.4, 0.5) is 0 Å². The minimum absolute atomic E-state index is 0.636. The van der Waals surface area contributed by atoms with E-state index in [0.29, 0.717) is 38.5 Å². The largest absolute Gasteiger partial charge is 0.378 e. The lowest BCUT2D eigenvalue weighted by Gasteiger charge is -2.33. The molecule has 1 rings (SSSR count). The van der Waals surface area contributed by atoms with E-state index < -0.39 is 0 Å². The Balaban J connectivity index is 1.79. The SMILES string of the molecule is CCC(C)CNCCOCCOCCOCCN1CCC(NC(C)CC)CC1. The summed E-state index contributed by atoms with van der Waals surface area (Å²) in [5.41, 5.74) is 0. The van der Waals surface area contributed by atoms with Crippen molar-refractivity contribution in [1.29, 1.82) is 0 Å². The molecule has 0 aromatic heterocycles. The van der Waals surface area contributed by atoms with Gasteiger partial charge in [0.15, 0.2) is 0 Å². The second-order valence-corrected chi connectivity index (χ2v) is 8.15. The second-order valence-electron chi connectivity index (χ2n) is 8.15. The number of hydrogen-bond acceptors (Lipinski definition) is 6. The summed E-state index contributed by atoms with van der Waals surface area (Å²) in [6.07, 6.45) is 4.93. The summed E-state index contributed by atoms with van der Waals surface area (Å²) in [6.45, 7) is 18.5. The van der Waals surface area contributed by atoms with Crippen molar-refractivity contribution >= 4 is 0 Å². The van der Waals surface area contributed by atoms with Crippen molar-refractivity contribution in [2.45, 2.75) is 65.5 Å². The molecule has 6 heteroatoms.